The van der Waals surface area contributed by atoms with Gasteiger partial charge in [0.25, 0.3) is 0 Å². The van der Waals surface area contributed by atoms with E-state index in [4.69, 9.17) is 5.26 Å². The summed E-state index contributed by atoms with van der Waals surface area (Å²) >= 11 is 0. The summed E-state index contributed by atoms with van der Waals surface area (Å²) < 4.78 is 37.9. The van der Waals surface area contributed by atoms with E-state index in [0.29, 0.717) is 6.42 Å². The number of halogens is 3. The molecule has 5 heteroatoms. The van der Waals surface area contributed by atoms with Gasteiger partial charge in [0.2, 0.25) is 0 Å². The third kappa shape index (κ3) is 1.83. The van der Waals surface area contributed by atoms with Crippen LogP contribution in [0, 0.1) is 17.2 Å². The van der Waals surface area contributed by atoms with Gasteiger partial charge in [-0.2, -0.15) is 18.4 Å². The van der Waals surface area contributed by atoms with Crippen molar-refractivity contribution < 1.29 is 13.2 Å². The molecule has 0 saturated heterocycles. The first-order chi connectivity index (χ1) is 6.98. The summed E-state index contributed by atoms with van der Waals surface area (Å²) in [6.07, 6.45) is -1.59. The molecular weight excluding hydrogens is 205 g/mol. The maximum absolute atomic E-state index is 12.6. The van der Waals surface area contributed by atoms with E-state index in [1.807, 2.05) is 0 Å². The van der Waals surface area contributed by atoms with Gasteiger partial charge in [-0.1, -0.05) is 6.42 Å². The Kier molecular flexibility index (Phi) is 2.42. The molecule has 0 amide bonds. The lowest BCUT2D eigenvalue weighted by molar-refractivity contribution is -0.168. The number of nitrogens with zero attached hydrogens (tertiary/aromatic N) is 1. The standard InChI is InChI=1S/C10H13F3N2/c11-10(12,13)9(4-5-9)15-8-3-1-2-7(8)6-14/h7-8,15H,1-5H2. The molecule has 0 spiro atoms. The van der Waals surface area contributed by atoms with Crippen LogP contribution in [-0.2, 0) is 0 Å². The van der Waals surface area contributed by atoms with Gasteiger partial charge in [-0.05, 0) is 25.7 Å². The summed E-state index contributed by atoms with van der Waals surface area (Å²) in [7, 11) is 0. The molecule has 2 unspecified atom stereocenters. The summed E-state index contributed by atoms with van der Waals surface area (Å²) in [4.78, 5) is 0. The van der Waals surface area contributed by atoms with E-state index < -0.39 is 11.7 Å². The van der Waals surface area contributed by atoms with Crippen LogP contribution in [0.15, 0.2) is 0 Å². The lowest BCUT2D eigenvalue weighted by Crippen LogP contribution is -2.50. The highest BCUT2D eigenvalue weighted by molar-refractivity contribution is 5.11. The van der Waals surface area contributed by atoms with Crippen molar-refractivity contribution in [3.8, 4) is 6.07 Å². The number of nitriles is 1. The van der Waals surface area contributed by atoms with Crippen LogP contribution >= 0.6 is 0 Å². The predicted molar refractivity (Wildman–Crippen MR) is 47.9 cm³/mol. The first-order valence-corrected chi connectivity index (χ1v) is 5.22. The van der Waals surface area contributed by atoms with Crippen LogP contribution < -0.4 is 5.32 Å². The summed E-state index contributed by atoms with van der Waals surface area (Å²) in [5, 5.41) is 11.4. The van der Waals surface area contributed by atoms with Gasteiger partial charge in [-0.25, -0.2) is 0 Å². The largest absolute Gasteiger partial charge is 0.406 e. The third-order valence-electron chi connectivity index (χ3n) is 3.44. The van der Waals surface area contributed by atoms with E-state index in [2.05, 4.69) is 11.4 Å². The van der Waals surface area contributed by atoms with E-state index in [1.165, 1.54) is 0 Å². The summed E-state index contributed by atoms with van der Waals surface area (Å²) in [6, 6.07) is 1.82. The Balaban J connectivity index is 2.01. The Morgan fingerprint density at radius 2 is 1.93 bits per heavy atom. The SMILES string of the molecule is N#CC1CCCC1NC1(C(F)(F)F)CC1. The van der Waals surface area contributed by atoms with Crippen LogP contribution in [0.4, 0.5) is 13.2 Å². The molecule has 0 aromatic rings. The average Bonchev–Trinajstić information content (AvgIpc) is 2.78. The summed E-state index contributed by atoms with van der Waals surface area (Å²) in [5.41, 5.74) is -1.67. The molecule has 0 heterocycles. The van der Waals surface area contributed by atoms with Crippen LogP contribution in [0.1, 0.15) is 32.1 Å². The molecule has 2 rings (SSSR count). The van der Waals surface area contributed by atoms with Gasteiger partial charge in [0.15, 0.2) is 0 Å². The van der Waals surface area contributed by atoms with Crippen LogP contribution in [0.3, 0.4) is 0 Å². The van der Waals surface area contributed by atoms with Gasteiger partial charge in [0, 0.05) is 6.04 Å². The molecule has 2 fully saturated rings. The molecule has 0 bridgehead atoms. The number of nitrogens with one attached hydrogen (secondary N) is 1. The van der Waals surface area contributed by atoms with Crippen molar-refractivity contribution in [2.75, 3.05) is 0 Å². The van der Waals surface area contributed by atoms with Gasteiger partial charge in [-0.3, -0.25) is 5.32 Å². The highest BCUT2D eigenvalue weighted by Gasteiger charge is 2.64. The maximum atomic E-state index is 12.6. The second-order valence-electron chi connectivity index (χ2n) is 4.50. The molecule has 0 aromatic carbocycles. The minimum atomic E-state index is -4.17. The Morgan fingerprint density at radius 1 is 1.27 bits per heavy atom. The van der Waals surface area contributed by atoms with Crippen molar-refractivity contribution in [1.82, 2.24) is 5.32 Å². The van der Waals surface area contributed by atoms with Gasteiger partial charge in [0.05, 0.1) is 12.0 Å². The van der Waals surface area contributed by atoms with E-state index in [-0.39, 0.29) is 24.8 Å². The Labute approximate surface area is 86.5 Å². The average molecular weight is 218 g/mol. The minimum absolute atomic E-state index is 0.158. The second kappa shape index (κ2) is 3.38. The van der Waals surface area contributed by atoms with E-state index in [0.717, 1.165) is 12.8 Å². The van der Waals surface area contributed by atoms with Crippen molar-refractivity contribution in [1.29, 1.82) is 5.26 Å². The zero-order chi connectivity index (χ0) is 11.1. The molecule has 2 aliphatic carbocycles. The molecule has 2 aliphatic rings. The molecular formula is C10H13F3N2. The molecule has 2 nitrogen and oxygen atoms in total. The first kappa shape index (κ1) is 10.7. The van der Waals surface area contributed by atoms with Gasteiger partial charge >= 0.3 is 6.18 Å². The van der Waals surface area contributed by atoms with Crippen molar-refractivity contribution in [3.05, 3.63) is 0 Å². The van der Waals surface area contributed by atoms with Gasteiger partial charge < -0.3 is 0 Å². The highest BCUT2D eigenvalue weighted by Crippen LogP contribution is 2.50. The van der Waals surface area contributed by atoms with E-state index >= 15 is 0 Å². The van der Waals surface area contributed by atoms with Crippen LogP contribution in [0.25, 0.3) is 0 Å². The lowest BCUT2D eigenvalue weighted by atomic mass is 10.0. The van der Waals surface area contributed by atoms with Gasteiger partial charge in [-0.15, -0.1) is 0 Å². The van der Waals surface area contributed by atoms with Crippen molar-refractivity contribution in [2.24, 2.45) is 5.92 Å². The summed E-state index contributed by atoms with van der Waals surface area (Å²) in [5.74, 6) is -0.246. The van der Waals surface area contributed by atoms with Gasteiger partial charge in [0.1, 0.15) is 5.54 Å². The van der Waals surface area contributed by atoms with Crippen LogP contribution in [0.2, 0.25) is 0 Å². The number of rotatable bonds is 2. The molecule has 84 valence electrons. The molecule has 2 saturated carbocycles. The first-order valence-electron chi connectivity index (χ1n) is 5.22. The van der Waals surface area contributed by atoms with Crippen molar-refractivity contribution in [3.63, 3.8) is 0 Å². The third-order valence-corrected chi connectivity index (χ3v) is 3.44. The molecule has 2 atom stereocenters. The predicted octanol–water partition coefficient (Wildman–Crippen LogP) is 2.36. The smallest absolute Gasteiger partial charge is 0.299 e. The van der Waals surface area contributed by atoms with E-state index in [1.54, 1.807) is 0 Å². The van der Waals surface area contributed by atoms with E-state index in [9.17, 15) is 13.2 Å². The maximum Gasteiger partial charge on any atom is 0.406 e. The van der Waals surface area contributed by atoms with Crippen molar-refractivity contribution >= 4 is 0 Å². The Morgan fingerprint density at radius 3 is 2.40 bits per heavy atom. The molecule has 1 N–H and O–H groups in total. The Bertz CT molecular complexity index is 288. The van der Waals surface area contributed by atoms with Crippen molar-refractivity contribution in [2.45, 2.75) is 49.9 Å². The fraction of sp³-hybridized carbons (Fsp3) is 0.900. The molecule has 0 aromatic heterocycles. The number of hydrogen-bond donors (Lipinski definition) is 1. The zero-order valence-corrected chi connectivity index (χ0v) is 8.27. The fourth-order valence-electron chi connectivity index (χ4n) is 2.28. The zero-order valence-electron chi connectivity index (χ0n) is 8.27. The monoisotopic (exact) mass is 218 g/mol. The number of alkyl halides is 3. The van der Waals surface area contributed by atoms with Crippen LogP contribution in [-0.4, -0.2) is 17.8 Å². The normalized spacial score (nSPS) is 33.7. The molecule has 0 aliphatic heterocycles. The minimum Gasteiger partial charge on any atom is -0.299 e. The highest BCUT2D eigenvalue weighted by atomic mass is 19.4. The lowest BCUT2D eigenvalue weighted by Gasteiger charge is -2.26. The van der Waals surface area contributed by atoms with Crippen LogP contribution in [0.5, 0.6) is 0 Å². The number of hydrogen-bond acceptors (Lipinski definition) is 2. The second-order valence-corrected chi connectivity index (χ2v) is 4.50. The summed E-state index contributed by atoms with van der Waals surface area (Å²) in [6.45, 7) is 0. The fourth-order valence-corrected chi connectivity index (χ4v) is 2.28. The molecule has 0 radical (unpaired) electrons. The topological polar surface area (TPSA) is 35.8 Å². The molecule has 15 heavy (non-hydrogen) atoms. The quantitative estimate of drug-likeness (QED) is 0.772. The Hall–Kier alpha value is -0.760.